The predicted octanol–water partition coefficient (Wildman–Crippen LogP) is 3.80. The monoisotopic (exact) mass is 499 g/mol. The van der Waals surface area contributed by atoms with Gasteiger partial charge in [0.1, 0.15) is 12.1 Å². The first-order chi connectivity index (χ1) is 18.0. The summed E-state index contributed by atoms with van der Waals surface area (Å²) in [4.78, 5) is 11.7. The first-order valence-electron chi connectivity index (χ1n) is 13.1. The molecule has 8 nitrogen and oxygen atoms in total. The predicted molar refractivity (Wildman–Crippen MR) is 151 cm³/mol. The second kappa shape index (κ2) is 11.1. The number of nitrogens with zero attached hydrogens (tertiary/aromatic N) is 3. The maximum Gasteiger partial charge on any atom is 0.183 e. The second-order valence-electron chi connectivity index (χ2n) is 9.96. The fraction of sp³-hybridized carbons (Fsp3) is 0.379. The Morgan fingerprint density at radius 3 is 2.86 bits per heavy atom. The zero-order valence-corrected chi connectivity index (χ0v) is 21.8. The van der Waals surface area contributed by atoms with Gasteiger partial charge in [0.05, 0.1) is 12.6 Å². The van der Waals surface area contributed by atoms with Crippen molar-refractivity contribution in [2.75, 3.05) is 37.0 Å². The lowest BCUT2D eigenvalue weighted by Gasteiger charge is -2.31. The van der Waals surface area contributed by atoms with E-state index in [9.17, 15) is 0 Å². The van der Waals surface area contributed by atoms with Gasteiger partial charge >= 0.3 is 0 Å². The summed E-state index contributed by atoms with van der Waals surface area (Å²) in [6.45, 7) is 5.85. The lowest BCUT2D eigenvalue weighted by Crippen LogP contribution is -2.39. The lowest BCUT2D eigenvalue weighted by molar-refractivity contribution is 0.287. The van der Waals surface area contributed by atoms with Crippen LogP contribution in [-0.4, -0.2) is 42.8 Å². The number of benzene rings is 2. The lowest BCUT2D eigenvalue weighted by atomic mass is 9.98. The van der Waals surface area contributed by atoms with Gasteiger partial charge in [-0.25, -0.2) is 9.97 Å². The average molecular weight is 500 g/mol. The molecule has 0 saturated carbocycles. The van der Waals surface area contributed by atoms with Gasteiger partial charge in [0.15, 0.2) is 5.88 Å². The van der Waals surface area contributed by atoms with Gasteiger partial charge in [-0.2, -0.15) is 0 Å². The van der Waals surface area contributed by atoms with Gasteiger partial charge in [-0.15, -0.1) is 0 Å². The topological polar surface area (TPSA) is 114 Å². The van der Waals surface area contributed by atoms with Crippen LogP contribution in [0.1, 0.15) is 41.5 Å². The summed E-state index contributed by atoms with van der Waals surface area (Å²) in [7, 11) is 1.53. The van der Waals surface area contributed by atoms with Crippen molar-refractivity contribution in [3.05, 3.63) is 76.9 Å². The van der Waals surface area contributed by atoms with E-state index in [4.69, 9.17) is 21.2 Å². The molecule has 1 fully saturated rings. The average Bonchev–Trinajstić information content (AvgIpc) is 2.94. The normalized spacial score (nSPS) is 18.5. The van der Waals surface area contributed by atoms with Crippen molar-refractivity contribution in [2.45, 2.75) is 45.2 Å². The minimum absolute atomic E-state index is 0.306. The minimum atomic E-state index is 0.306. The van der Waals surface area contributed by atoms with Crippen molar-refractivity contribution >= 4 is 28.1 Å². The molecule has 2 aliphatic rings. The second-order valence-corrected chi connectivity index (χ2v) is 9.96. The molecule has 2 aromatic carbocycles. The van der Waals surface area contributed by atoms with Crippen molar-refractivity contribution in [1.82, 2.24) is 15.3 Å². The van der Waals surface area contributed by atoms with Gasteiger partial charge in [0.2, 0.25) is 0 Å². The largest absolute Gasteiger partial charge is 0.483 e. The van der Waals surface area contributed by atoms with Gasteiger partial charge in [-0.05, 0) is 91.4 Å². The van der Waals surface area contributed by atoms with Crippen molar-refractivity contribution in [1.29, 1.82) is 0 Å². The molecule has 0 amide bonds. The van der Waals surface area contributed by atoms with Crippen molar-refractivity contribution in [3.63, 3.8) is 0 Å². The smallest absolute Gasteiger partial charge is 0.183 e. The van der Waals surface area contributed by atoms with Crippen LogP contribution in [-0.2, 0) is 17.7 Å². The molecule has 1 saturated heterocycles. The van der Waals surface area contributed by atoms with E-state index in [1.165, 1.54) is 43.2 Å². The van der Waals surface area contributed by atoms with E-state index in [-0.39, 0.29) is 0 Å². The molecule has 8 heteroatoms. The summed E-state index contributed by atoms with van der Waals surface area (Å²) >= 11 is 0. The SMILES string of the molecule is CO/C(N)=C/C=C(\N)c1cc(C)c2ncnc(N3CCc4ccc(NCC5CCCCN5)cc4C3)c2c1. The van der Waals surface area contributed by atoms with Crippen molar-refractivity contribution in [2.24, 2.45) is 11.5 Å². The quantitative estimate of drug-likeness (QED) is 0.287. The number of methoxy groups -OCH3 is 1. The summed E-state index contributed by atoms with van der Waals surface area (Å²) in [6.07, 6.45) is 9.90. The highest BCUT2D eigenvalue weighted by atomic mass is 16.5. The molecule has 3 aromatic rings. The van der Waals surface area contributed by atoms with Crippen LogP contribution in [0.4, 0.5) is 11.5 Å². The van der Waals surface area contributed by atoms with Crippen LogP contribution < -0.4 is 27.0 Å². The van der Waals surface area contributed by atoms with Crippen LogP contribution in [0.15, 0.2) is 54.7 Å². The molecular formula is C29H37N7O. The maximum atomic E-state index is 6.39. The number of piperidine rings is 1. The van der Waals surface area contributed by atoms with E-state index < -0.39 is 0 Å². The van der Waals surface area contributed by atoms with Gasteiger partial charge < -0.3 is 31.7 Å². The van der Waals surface area contributed by atoms with Crippen LogP contribution >= 0.6 is 0 Å². The Hall–Kier alpha value is -3.78. The van der Waals surface area contributed by atoms with Gasteiger partial charge in [0, 0.05) is 42.4 Å². The zero-order chi connectivity index (χ0) is 25.8. The molecule has 1 atom stereocenters. The zero-order valence-electron chi connectivity index (χ0n) is 21.8. The number of nitrogens with one attached hydrogen (secondary N) is 2. The summed E-state index contributed by atoms with van der Waals surface area (Å²) < 4.78 is 5.02. The molecule has 2 aliphatic heterocycles. The van der Waals surface area contributed by atoms with Crippen LogP contribution in [0.2, 0.25) is 0 Å². The Kier molecular flexibility index (Phi) is 7.46. The van der Waals surface area contributed by atoms with E-state index in [0.717, 1.165) is 60.4 Å². The molecule has 37 heavy (non-hydrogen) atoms. The molecule has 0 radical (unpaired) electrons. The van der Waals surface area contributed by atoms with Gasteiger partial charge in [-0.3, -0.25) is 0 Å². The molecule has 1 aromatic heterocycles. The van der Waals surface area contributed by atoms with E-state index in [0.29, 0.717) is 17.6 Å². The number of hydrogen-bond donors (Lipinski definition) is 4. The summed E-state index contributed by atoms with van der Waals surface area (Å²) in [5.41, 5.74) is 19.6. The Morgan fingerprint density at radius 1 is 1.16 bits per heavy atom. The molecule has 3 heterocycles. The molecule has 5 rings (SSSR count). The summed E-state index contributed by atoms with van der Waals surface area (Å²) in [6, 6.07) is 11.5. The van der Waals surface area contributed by atoms with E-state index in [1.807, 2.05) is 6.07 Å². The highest BCUT2D eigenvalue weighted by molar-refractivity contribution is 5.94. The summed E-state index contributed by atoms with van der Waals surface area (Å²) in [5.74, 6) is 1.24. The van der Waals surface area contributed by atoms with E-state index in [1.54, 1.807) is 18.5 Å². The van der Waals surface area contributed by atoms with Crippen LogP contribution in [0.25, 0.3) is 16.6 Å². The number of allylic oxidation sites excluding steroid dienone is 2. The minimum Gasteiger partial charge on any atom is -0.483 e. The Morgan fingerprint density at radius 2 is 2.05 bits per heavy atom. The van der Waals surface area contributed by atoms with Crippen LogP contribution in [0.5, 0.6) is 0 Å². The standard InChI is InChI=1S/C29H37N7O/c1-19-13-21(26(30)8-9-27(31)37-2)15-25-28(19)34-18-35-29(25)36-12-10-20-6-7-23(14-22(20)17-36)33-16-24-5-3-4-11-32-24/h6-9,13-15,18,24,32-33H,3-5,10-12,16-17,30-31H2,1-2H3/b26-8-,27-9+. The number of nitrogens with two attached hydrogens (primary N) is 2. The molecule has 0 bridgehead atoms. The first kappa shape index (κ1) is 24.9. The first-order valence-corrected chi connectivity index (χ1v) is 13.1. The van der Waals surface area contributed by atoms with E-state index >= 15 is 0 Å². The fourth-order valence-electron chi connectivity index (χ4n) is 5.27. The number of ether oxygens (including phenoxy) is 1. The van der Waals surface area contributed by atoms with Crippen LogP contribution in [0.3, 0.4) is 0 Å². The molecule has 1 unspecified atom stereocenters. The highest BCUT2D eigenvalue weighted by Crippen LogP contribution is 2.32. The third kappa shape index (κ3) is 5.64. The molecule has 194 valence electrons. The number of fused-ring (bicyclic) bond motifs is 2. The number of anilines is 2. The Balaban J connectivity index is 1.40. The highest BCUT2D eigenvalue weighted by Gasteiger charge is 2.21. The van der Waals surface area contributed by atoms with Crippen LogP contribution in [0, 0.1) is 6.92 Å². The van der Waals surface area contributed by atoms with Gasteiger partial charge in [-0.1, -0.05) is 12.5 Å². The molecule has 0 spiro atoms. The fourth-order valence-corrected chi connectivity index (χ4v) is 5.27. The molecular weight excluding hydrogens is 462 g/mol. The Labute approximate surface area is 218 Å². The van der Waals surface area contributed by atoms with Crippen molar-refractivity contribution < 1.29 is 4.74 Å². The van der Waals surface area contributed by atoms with Gasteiger partial charge in [0.25, 0.3) is 0 Å². The third-order valence-electron chi connectivity index (χ3n) is 7.39. The number of rotatable bonds is 7. The van der Waals surface area contributed by atoms with E-state index in [2.05, 4.69) is 51.7 Å². The molecule has 0 aliphatic carbocycles. The molecule has 6 N–H and O–H groups in total. The number of hydrogen-bond acceptors (Lipinski definition) is 8. The number of aryl methyl sites for hydroxylation is 1. The summed E-state index contributed by atoms with van der Waals surface area (Å²) in [5, 5.41) is 8.27. The third-order valence-corrected chi connectivity index (χ3v) is 7.39. The Bertz CT molecular complexity index is 1330. The number of aromatic nitrogens is 2. The maximum absolute atomic E-state index is 6.39. The van der Waals surface area contributed by atoms with Crippen molar-refractivity contribution in [3.8, 4) is 0 Å².